The fourth-order valence-corrected chi connectivity index (χ4v) is 1.17. The number of aliphatic hydroxyl groups is 2. The van der Waals surface area contributed by atoms with Crippen molar-refractivity contribution in [1.82, 2.24) is 0 Å². The van der Waals surface area contributed by atoms with Crippen LogP contribution in [0.3, 0.4) is 0 Å². The first-order chi connectivity index (χ1) is 7.63. The highest BCUT2D eigenvalue weighted by molar-refractivity contribution is 7.46. The number of carbonyl (C=O) groups is 2. The lowest BCUT2D eigenvalue weighted by Crippen LogP contribution is -2.36. The molecule has 0 aromatic carbocycles. The molecule has 0 aliphatic carbocycles. The molecule has 5 N–H and O–H groups in total. The Balaban J connectivity index is 4.11. The summed E-state index contributed by atoms with van der Waals surface area (Å²) >= 11 is 0. The van der Waals surface area contributed by atoms with Crippen molar-refractivity contribution >= 4 is 19.6 Å². The number of hydrogen-bond donors (Lipinski definition) is 5. The molecular formula is C7H13O9P. The number of ketones is 1. The van der Waals surface area contributed by atoms with Crippen LogP contribution in [0, 0.1) is 0 Å². The fourth-order valence-electron chi connectivity index (χ4n) is 0.877. The van der Waals surface area contributed by atoms with Gasteiger partial charge in [0.1, 0.15) is 12.7 Å². The monoisotopic (exact) mass is 272 g/mol. The van der Waals surface area contributed by atoms with E-state index in [9.17, 15) is 24.4 Å². The average molecular weight is 272 g/mol. The van der Waals surface area contributed by atoms with E-state index in [2.05, 4.69) is 4.52 Å². The van der Waals surface area contributed by atoms with E-state index in [-0.39, 0.29) is 6.42 Å². The van der Waals surface area contributed by atoms with Crippen molar-refractivity contribution in [1.29, 1.82) is 0 Å². The third-order valence-electron chi connectivity index (χ3n) is 1.72. The summed E-state index contributed by atoms with van der Waals surface area (Å²) in [6.07, 6.45) is -4.39. The standard InChI is InChI=1S/C7H13O9P/c8-4(1-2-6(10)11)7(12)5(9)3-16-17(13,14)15/h4,7-8,12H,1-3H2,(H,10,11)(H2,13,14,15)/t4-,7+/m1/s1. The highest BCUT2D eigenvalue weighted by atomic mass is 31.2. The number of carbonyl (C=O) groups excluding carboxylic acids is 1. The van der Waals surface area contributed by atoms with Gasteiger partial charge in [0, 0.05) is 6.42 Å². The van der Waals surface area contributed by atoms with Crippen molar-refractivity contribution in [3.05, 3.63) is 0 Å². The molecule has 2 atom stereocenters. The van der Waals surface area contributed by atoms with E-state index in [1.807, 2.05) is 0 Å². The Morgan fingerprint density at radius 2 is 1.76 bits per heavy atom. The van der Waals surface area contributed by atoms with E-state index in [0.717, 1.165) is 0 Å². The summed E-state index contributed by atoms with van der Waals surface area (Å²) in [6, 6.07) is 0. The Hall–Kier alpha value is -0.830. The van der Waals surface area contributed by atoms with Gasteiger partial charge in [-0.3, -0.25) is 14.1 Å². The molecule has 0 bridgehead atoms. The number of hydrogen-bond acceptors (Lipinski definition) is 6. The predicted molar refractivity (Wildman–Crippen MR) is 51.9 cm³/mol. The van der Waals surface area contributed by atoms with Crippen LogP contribution in [0.2, 0.25) is 0 Å². The fraction of sp³-hybridized carbons (Fsp3) is 0.714. The highest BCUT2D eigenvalue weighted by Crippen LogP contribution is 2.35. The zero-order valence-electron chi connectivity index (χ0n) is 8.59. The van der Waals surface area contributed by atoms with Crippen molar-refractivity contribution in [3.8, 4) is 0 Å². The van der Waals surface area contributed by atoms with Crippen LogP contribution in [0.25, 0.3) is 0 Å². The van der Waals surface area contributed by atoms with Crippen LogP contribution in [0.1, 0.15) is 12.8 Å². The topological polar surface area (TPSA) is 162 Å². The number of rotatable bonds is 8. The first-order valence-electron chi connectivity index (χ1n) is 4.44. The number of aliphatic hydroxyl groups excluding tert-OH is 2. The Bertz CT molecular complexity index is 321. The van der Waals surface area contributed by atoms with E-state index in [4.69, 9.17) is 14.9 Å². The molecular weight excluding hydrogens is 259 g/mol. The van der Waals surface area contributed by atoms with Crippen LogP contribution < -0.4 is 0 Å². The van der Waals surface area contributed by atoms with Gasteiger partial charge in [-0.2, -0.15) is 0 Å². The minimum Gasteiger partial charge on any atom is -0.481 e. The van der Waals surface area contributed by atoms with Crippen LogP contribution in [0.4, 0.5) is 0 Å². The van der Waals surface area contributed by atoms with Gasteiger partial charge in [-0.15, -0.1) is 0 Å². The zero-order chi connectivity index (χ0) is 13.6. The quantitative estimate of drug-likeness (QED) is 0.322. The van der Waals surface area contributed by atoms with Crippen molar-refractivity contribution in [3.63, 3.8) is 0 Å². The Morgan fingerprint density at radius 3 is 2.18 bits per heavy atom. The smallest absolute Gasteiger partial charge is 0.470 e. The highest BCUT2D eigenvalue weighted by Gasteiger charge is 2.27. The molecule has 0 aromatic heterocycles. The molecule has 0 fully saturated rings. The third-order valence-corrected chi connectivity index (χ3v) is 2.19. The number of carboxylic acid groups (broad SMARTS) is 1. The van der Waals surface area contributed by atoms with Crippen LogP contribution in [-0.2, 0) is 18.7 Å². The summed E-state index contributed by atoms with van der Waals surface area (Å²) in [5.74, 6) is -2.36. The third kappa shape index (κ3) is 7.97. The van der Waals surface area contributed by atoms with Crippen LogP contribution in [-0.4, -0.2) is 55.7 Å². The largest absolute Gasteiger partial charge is 0.481 e. The van der Waals surface area contributed by atoms with Gasteiger partial charge in [0.25, 0.3) is 0 Å². The maximum absolute atomic E-state index is 11.1. The molecule has 0 radical (unpaired) electrons. The minimum atomic E-state index is -4.83. The molecule has 0 heterocycles. The summed E-state index contributed by atoms with van der Waals surface area (Å²) in [5, 5.41) is 26.6. The van der Waals surface area contributed by atoms with Crippen LogP contribution >= 0.6 is 7.82 Å². The first-order valence-corrected chi connectivity index (χ1v) is 5.97. The van der Waals surface area contributed by atoms with Crippen molar-refractivity contribution in [2.24, 2.45) is 0 Å². The molecule has 0 rings (SSSR count). The van der Waals surface area contributed by atoms with Crippen molar-refractivity contribution in [2.45, 2.75) is 25.0 Å². The van der Waals surface area contributed by atoms with E-state index in [1.165, 1.54) is 0 Å². The molecule has 17 heavy (non-hydrogen) atoms. The second-order valence-corrected chi connectivity index (χ2v) is 4.41. The molecule has 0 saturated heterocycles. The number of aliphatic carboxylic acids is 1. The molecule has 0 spiro atoms. The molecule has 0 aromatic rings. The minimum absolute atomic E-state index is 0.363. The Labute approximate surface area is 95.9 Å². The predicted octanol–water partition coefficient (Wildman–Crippen LogP) is -1.75. The van der Waals surface area contributed by atoms with Gasteiger partial charge in [-0.05, 0) is 6.42 Å². The second kappa shape index (κ2) is 6.80. The van der Waals surface area contributed by atoms with Crippen LogP contribution in [0.15, 0.2) is 0 Å². The van der Waals surface area contributed by atoms with E-state index < -0.39 is 44.8 Å². The summed E-state index contributed by atoms with van der Waals surface area (Å²) in [6.45, 7) is -1.07. The summed E-state index contributed by atoms with van der Waals surface area (Å²) in [5.41, 5.74) is 0. The number of Topliss-reactive ketones (excluding diaryl/α,β-unsaturated/α-hetero) is 1. The van der Waals surface area contributed by atoms with E-state index >= 15 is 0 Å². The van der Waals surface area contributed by atoms with Gasteiger partial charge >= 0.3 is 13.8 Å². The number of phosphoric acid groups is 1. The van der Waals surface area contributed by atoms with Gasteiger partial charge in [-0.25, -0.2) is 4.57 Å². The lowest BCUT2D eigenvalue weighted by Gasteiger charge is -2.15. The number of phosphoric ester groups is 1. The summed E-state index contributed by atoms with van der Waals surface area (Å²) in [7, 11) is -4.83. The Kier molecular flexibility index (Phi) is 6.46. The lowest BCUT2D eigenvalue weighted by molar-refractivity contribution is -0.141. The maximum Gasteiger partial charge on any atom is 0.470 e. The van der Waals surface area contributed by atoms with Gasteiger partial charge in [0.05, 0.1) is 6.10 Å². The SMILES string of the molecule is O=C(O)CC[C@@H](O)[C@H](O)C(=O)COP(=O)(O)O. The van der Waals surface area contributed by atoms with Crippen LogP contribution in [0.5, 0.6) is 0 Å². The molecule has 10 heteroatoms. The average Bonchev–Trinajstić information content (AvgIpc) is 2.20. The van der Waals surface area contributed by atoms with E-state index in [0.29, 0.717) is 0 Å². The molecule has 9 nitrogen and oxygen atoms in total. The zero-order valence-corrected chi connectivity index (χ0v) is 9.49. The van der Waals surface area contributed by atoms with E-state index in [1.54, 1.807) is 0 Å². The lowest BCUT2D eigenvalue weighted by atomic mass is 10.1. The van der Waals surface area contributed by atoms with Gasteiger partial charge in [0.15, 0.2) is 5.78 Å². The van der Waals surface area contributed by atoms with Crippen molar-refractivity contribution < 1.29 is 43.8 Å². The molecule has 0 aliphatic heterocycles. The maximum atomic E-state index is 11.1. The molecule has 0 saturated carbocycles. The van der Waals surface area contributed by atoms with Gasteiger partial charge < -0.3 is 25.1 Å². The van der Waals surface area contributed by atoms with Crippen molar-refractivity contribution in [2.75, 3.05) is 6.61 Å². The molecule has 0 amide bonds. The first kappa shape index (κ1) is 16.2. The molecule has 0 aliphatic rings. The molecule has 0 unspecified atom stereocenters. The normalized spacial score (nSPS) is 15.3. The summed E-state index contributed by atoms with van der Waals surface area (Å²) < 4.78 is 14.1. The Morgan fingerprint density at radius 1 is 1.24 bits per heavy atom. The summed E-state index contributed by atoms with van der Waals surface area (Å²) in [4.78, 5) is 37.8. The van der Waals surface area contributed by atoms with Gasteiger partial charge in [0.2, 0.25) is 0 Å². The molecule has 100 valence electrons. The second-order valence-electron chi connectivity index (χ2n) is 3.17. The van der Waals surface area contributed by atoms with Gasteiger partial charge in [-0.1, -0.05) is 0 Å². The number of carboxylic acids is 1.